The highest BCUT2D eigenvalue weighted by molar-refractivity contribution is 9.10. The Bertz CT molecular complexity index is 863. The standard InChI is InChI=1S/C21H24BrClN2O/c1-13-11-21(2,3)25(4)19-10-20(26-5)14(8-16(13)19)12-24-15-6-7-17(22)18(23)9-15/h6-10,12-13H,11H2,1-5H3. The topological polar surface area (TPSA) is 24.8 Å². The van der Waals surface area contributed by atoms with Gasteiger partial charge in [-0.3, -0.25) is 4.99 Å². The lowest BCUT2D eigenvalue weighted by atomic mass is 9.80. The summed E-state index contributed by atoms with van der Waals surface area (Å²) >= 11 is 9.56. The van der Waals surface area contributed by atoms with Crippen LogP contribution in [0.2, 0.25) is 5.02 Å². The van der Waals surface area contributed by atoms with Crippen LogP contribution in [-0.4, -0.2) is 25.9 Å². The highest BCUT2D eigenvalue weighted by atomic mass is 79.9. The molecule has 0 bridgehead atoms. The van der Waals surface area contributed by atoms with E-state index in [1.165, 1.54) is 11.3 Å². The van der Waals surface area contributed by atoms with Gasteiger partial charge in [-0.1, -0.05) is 18.5 Å². The first-order valence-corrected chi connectivity index (χ1v) is 9.85. The molecular formula is C21H24BrClN2O. The summed E-state index contributed by atoms with van der Waals surface area (Å²) in [5, 5.41) is 0.648. The maximum Gasteiger partial charge on any atom is 0.129 e. The number of methoxy groups -OCH3 is 1. The van der Waals surface area contributed by atoms with Gasteiger partial charge >= 0.3 is 0 Å². The van der Waals surface area contributed by atoms with Crippen molar-refractivity contribution in [2.45, 2.75) is 38.6 Å². The van der Waals surface area contributed by atoms with Gasteiger partial charge in [0.25, 0.3) is 0 Å². The van der Waals surface area contributed by atoms with Crippen LogP contribution < -0.4 is 9.64 Å². The van der Waals surface area contributed by atoms with E-state index in [0.29, 0.717) is 10.9 Å². The van der Waals surface area contributed by atoms with Gasteiger partial charge in [-0.15, -0.1) is 0 Å². The molecule has 5 heteroatoms. The minimum absolute atomic E-state index is 0.126. The number of hydrogen-bond donors (Lipinski definition) is 0. The van der Waals surface area contributed by atoms with E-state index in [9.17, 15) is 0 Å². The van der Waals surface area contributed by atoms with E-state index in [2.05, 4.69) is 65.8 Å². The molecule has 2 aromatic carbocycles. The Morgan fingerprint density at radius 2 is 2.04 bits per heavy atom. The minimum atomic E-state index is 0.126. The van der Waals surface area contributed by atoms with Gasteiger partial charge in [-0.25, -0.2) is 0 Å². The Kier molecular flexibility index (Phi) is 5.36. The number of nitrogens with zero attached hydrogens (tertiary/aromatic N) is 2. The third-order valence-electron chi connectivity index (χ3n) is 5.24. The minimum Gasteiger partial charge on any atom is -0.496 e. The van der Waals surface area contributed by atoms with E-state index in [-0.39, 0.29) is 5.54 Å². The van der Waals surface area contributed by atoms with Crippen LogP contribution in [0.3, 0.4) is 0 Å². The molecule has 1 atom stereocenters. The van der Waals surface area contributed by atoms with Crippen molar-refractivity contribution in [2.24, 2.45) is 4.99 Å². The zero-order valence-electron chi connectivity index (χ0n) is 15.8. The number of ether oxygens (including phenoxy) is 1. The van der Waals surface area contributed by atoms with Crippen molar-refractivity contribution >= 4 is 45.1 Å². The smallest absolute Gasteiger partial charge is 0.129 e. The van der Waals surface area contributed by atoms with Gasteiger partial charge < -0.3 is 9.64 Å². The Labute approximate surface area is 169 Å². The molecule has 0 saturated carbocycles. The second-order valence-corrected chi connectivity index (χ2v) is 8.75. The summed E-state index contributed by atoms with van der Waals surface area (Å²) in [6.07, 6.45) is 2.97. The van der Waals surface area contributed by atoms with E-state index in [1.807, 2.05) is 24.4 Å². The second kappa shape index (κ2) is 7.24. The molecule has 0 amide bonds. The molecule has 26 heavy (non-hydrogen) atoms. The molecule has 3 nitrogen and oxygen atoms in total. The first kappa shape index (κ1) is 19.2. The van der Waals surface area contributed by atoms with Crippen LogP contribution in [-0.2, 0) is 0 Å². The van der Waals surface area contributed by atoms with Gasteiger partial charge in [-0.05, 0) is 71.9 Å². The predicted octanol–water partition coefficient (Wildman–Crippen LogP) is 6.58. The Morgan fingerprint density at radius 3 is 2.69 bits per heavy atom. The van der Waals surface area contributed by atoms with Crippen molar-refractivity contribution < 1.29 is 4.74 Å². The zero-order chi connectivity index (χ0) is 19.1. The number of halogens is 2. The molecule has 1 aliphatic heterocycles. The average Bonchev–Trinajstić information content (AvgIpc) is 2.60. The van der Waals surface area contributed by atoms with Crippen molar-refractivity contribution in [3.63, 3.8) is 0 Å². The molecule has 0 saturated heterocycles. The van der Waals surface area contributed by atoms with E-state index in [4.69, 9.17) is 16.3 Å². The average molecular weight is 436 g/mol. The van der Waals surface area contributed by atoms with Crippen molar-refractivity contribution in [3.05, 3.63) is 51.0 Å². The van der Waals surface area contributed by atoms with Crippen molar-refractivity contribution in [2.75, 3.05) is 19.1 Å². The number of benzene rings is 2. The summed E-state index contributed by atoms with van der Waals surface area (Å²) in [5.74, 6) is 1.31. The fraction of sp³-hybridized carbons (Fsp3) is 0.381. The van der Waals surface area contributed by atoms with Gasteiger partial charge in [0.05, 0.1) is 17.8 Å². The summed E-state index contributed by atoms with van der Waals surface area (Å²) in [5.41, 5.74) is 4.48. The molecule has 0 aromatic heterocycles. The molecular weight excluding hydrogens is 412 g/mol. The molecule has 3 rings (SSSR count). The second-order valence-electron chi connectivity index (χ2n) is 7.49. The summed E-state index contributed by atoms with van der Waals surface area (Å²) in [4.78, 5) is 6.93. The molecule has 0 spiro atoms. The Hall–Kier alpha value is -1.52. The number of rotatable bonds is 3. The third kappa shape index (κ3) is 3.63. The van der Waals surface area contributed by atoms with Crippen LogP contribution in [0.4, 0.5) is 11.4 Å². The quantitative estimate of drug-likeness (QED) is 0.508. The number of aliphatic imine (C=N–C) groups is 1. The lowest BCUT2D eigenvalue weighted by molar-refractivity contribution is 0.389. The van der Waals surface area contributed by atoms with Gasteiger partial charge in [0.15, 0.2) is 0 Å². The molecule has 1 heterocycles. The van der Waals surface area contributed by atoms with Crippen molar-refractivity contribution in [3.8, 4) is 5.75 Å². The monoisotopic (exact) mass is 434 g/mol. The lowest BCUT2D eigenvalue weighted by Crippen LogP contribution is -2.45. The third-order valence-corrected chi connectivity index (χ3v) is 6.47. The maximum atomic E-state index is 6.16. The molecule has 1 unspecified atom stereocenters. The number of hydrogen-bond acceptors (Lipinski definition) is 3. The fourth-order valence-electron chi connectivity index (χ4n) is 3.60. The molecule has 0 aliphatic carbocycles. The molecule has 0 fully saturated rings. The molecule has 138 valence electrons. The summed E-state index contributed by atoms with van der Waals surface area (Å²) in [7, 11) is 3.86. The SMILES string of the molecule is COc1cc2c(cc1C=Nc1ccc(Br)c(Cl)c1)C(C)CC(C)(C)N2C. The van der Waals surface area contributed by atoms with Crippen molar-refractivity contribution in [1.29, 1.82) is 0 Å². The van der Waals surface area contributed by atoms with E-state index in [0.717, 1.165) is 27.9 Å². The van der Waals surface area contributed by atoms with Crippen LogP contribution in [0.15, 0.2) is 39.8 Å². The predicted molar refractivity (Wildman–Crippen MR) is 115 cm³/mol. The van der Waals surface area contributed by atoms with E-state index in [1.54, 1.807) is 7.11 Å². The summed E-state index contributed by atoms with van der Waals surface area (Å²) < 4.78 is 6.51. The highest BCUT2D eigenvalue weighted by Gasteiger charge is 2.34. The summed E-state index contributed by atoms with van der Waals surface area (Å²) in [6.45, 7) is 6.85. The van der Waals surface area contributed by atoms with Crippen molar-refractivity contribution in [1.82, 2.24) is 0 Å². The Balaban J connectivity index is 2.02. The zero-order valence-corrected chi connectivity index (χ0v) is 18.1. The van der Waals surface area contributed by atoms with Gasteiger partial charge in [0, 0.05) is 40.6 Å². The maximum absolute atomic E-state index is 6.16. The first-order valence-electron chi connectivity index (χ1n) is 8.68. The Morgan fingerprint density at radius 1 is 1.31 bits per heavy atom. The van der Waals surface area contributed by atoms with Gasteiger partial charge in [-0.2, -0.15) is 0 Å². The number of fused-ring (bicyclic) bond motifs is 1. The summed E-state index contributed by atoms with van der Waals surface area (Å²) in [6, 6.07) is 10.00. The number of anilines is 1. The van der Waals surface area contributed by atoms with Gasteiger partial charge in [0.2, 0.25) is 0 Å². The van der Waals surface area contributed by atoms with Gasteiger partial charge in [0.1, 0.15) is 5.75 Å². The van der Waals surface area contributed by atoms with Crippen LogP contribution >= 0.6 is 27.5 Å². The molecule has 2 aromatic rings. The van der Waals surface area contributed by atoms with Crippen LogP contribution in [0.5, 0.6) is 5.75 Å². The highest BCUT2D eigenvalue weighted by Crippen LogP contribution is 2.44. The van der Waals surface area contributed by atoms with E-state index >= 15 is 0 Å². The van der Waals surface area contributed by atoms with Crippen LogP contribution in [0.1, 0.15) is 44.2 Å². The van der Waals surface area contributed by atoms with Crippen LogP contribution in [0.25, 0.3) is 0 Å². The molecule has 0 radical (unpaired) electrons. The first-order chi connectivity index (χ1) is 12.2. The van der Waals surface area contributed by atoms with E-state index < -0.39 is 0 Å². The van der Waals surface area contributed by atoms with Crippen LogP contribution in [0, 0.1) is 0 Å². The molecule has 0 N–H and O–H groups in total. The fourth-order valence-corrected chi connectivity index (χ4v) is 4.02. The molecule has 1 aliphatic rings. The lowest BCUT2D eigenvalue weighted by Gasteiger charge is -2.45. The largest absolute Gasteiger partial charge is 0.496 e. The normalized spacial score (nSPS) is 18.9.